The second-order valence-corrected chi connectivity index (χ2v) is 9.13. The number of benzene rings is 2. The van der Waals surface area contributed by atoms with Gasteiger partial charge in [0.2, 0.25) is 0 Å². The van der Waals surface area contributed by atoms with Gasteiger partial charge in [-0.3, -0.25) is 0 Å². The third-order valence-electron chi connectivity index (χ3n) is 7.06. The maximum absolute atomic E-state index is 15.1. The van der Waals surface area contributed by atoms with E-state index in [4.69, 9.17) is 0 Å². The number of hydrogen-bond acceptors (Lipinski definition) is 0. The second-order valence-electron chi connectivity index (χ2n) is 9.13. The van der Waals surface area contributed by atoms with Gasteiger partial charge in [0.05, 0.1) is 0 Å². The third kappa shape index (κ3) is 4.36. The number of halogens is 4. The molecule has 0 amide bonds. The normalized spacial score (nSPS) is 24.4. The van der Waals surface area contributed by atoms with Crippen molar-refractivity contribution in [2.24, 2.45) is 17.8 Å². The molecule has 0 N–H and O–H groups in total. The lowest BCUT2D eigenvalue weighted by Crippen LogP contribution is -2.18. The van der Waals surface area contributed by atoms with Gasteiger partial charge in [0.1, 0.15) is 5.82 Å². The van der Waals surface area contributed by atoms with E-state index in [0.29, 0.717) is 17.9 Å². The molecule has 2 aromatic rings. The highest BCUT2D eigenvalue weighted by molar-refractivity contribution is 5.66. The van der Waals surface area contributed by atoms with E-state index in [1.807, 2.05) is 6.07 Å². The molecule has 0 aromatic heterocycles. The summed E-state index contributed by atoms with van der Waals surface area (Å²) in [5, 5.41) is 0. The van der Waals surface area contributed by atoms with Crippen molar-refractivity contribution in [3.8, 4) is 11.1 Å². The van der Waals surface area contributed by atoms with Crippen LogP contribution in [0.2, 0.25) is 0 Å². The summed E-state index contributed by atoms with van der Waals surface area (Å²) in [6, 6.07) is 5.17. The Morgan fingerprint density at radius 3 is 2.14 bits per heavy atom. The maximum atomic E-state index is 15.1. The van der Waals surface area contributed by atoms with Crippen molar-refractivity contribution in [3.63, 3.8) is 0 Å². The molecule has 4 rings (SSSR count). The Morgan fingerprint density at radius 1 is 0.793 bits per heavy atom. The Kier molecular flexibility index (Phi) is 5.98. The number of fused-ring (bicyclic) bond motifs is 1. The molecule has 1 unspecified atom stereocenters. The van der Waals surface area contributed by atoms with Crippen LogP contribution in [-0.4, -0.2) is 0 Å². The van der Waals surface area contributed by atoms with Gasteiger partial charge in [-0.25, -0.2) is 17.6 Å². The summed E-state index contributed by atoms with van der Waals surface area (Å²) in [4.78, 5) is 0. The zero-order valence-electron chi connectivity index (χ0n) is 16.9. The molecule has 0 heterocycles. The quantitative estimate of drug-likeness (QED) is 0.363. The molecule has 2 aliphatic rings. The van der Waals surface area contributed by atoms with Gasteiger partial charge < -0.3 is 0 Å². The lowest BCUT2D eigenvalue weighted by atomic mass is 9.76. The highest BCUT2D eigenvalue weighted by Gasteiger charge is 2.25. The molecule has 1 saturated carbocycles. The number of hydrogen-bond donors (Lipinski definition) is 0. The van der Waals surface area contributed by atoms with E-state index in [1.54, 1.807) is 6.07 Å². The topological polar surface area (TPSA) is 0 Å². The molecule has 0 radical (unpaired) electrons. The predicted molar refractivity (Wildman–Crippen MR) is 108 cm³/mol. The molecule has 1 fully saturated rings. The molecule has 2 aromatic carbocycles. The molecule has 0 nitrogen and oxygen atoms in total. The third-order valence-corrected chi connectivity index (χ3v) is 7.06. The molecule has 0 bridgehead atoms. The van der Waals surface area contributed by atoms with Crippen molar-refractivity contribution in [1.82, 2.24) is 0 Å². The fraction of sp³-hybridized carbons (Fsp3) is 0.520. The van der Waals surface area contributed by atoms with Crippen molar-refractivity contribution in [2.45, 2.75) is 64.7 Å². The van der Waals surface area contributed by atoms with Crippen LogP contribution in [0, 0.1) is 41.0 Å². The van der Waals surface area contributed by atoms with Crippen LogP contribution in [0.3, 0.4) is 0 Å². The first kappa shape index (κ1) is 20.4. The summed E-state index contributed by atoms with van der Waals surface area (Å²) in [6.45, 7) is 2.34. The average Bonchev–Trinajstić information content (AvgIpc) is 2.71. The van der Waals surface area contributed by atoms with Gasteiger partial charge in [-0.1, -0.05) is 51.2 Å². The molecular weight excluding hydrogens is 376 g/mol. The monoisotopic (exact) mass is 404 g/mol. The van der Waals surface area contributed by atoms with E-state index in [9.17, 15) is 13.2 Å². The standard InChI is InChI=1S/C25H28F4/c1-15-2-4-16(5-3-15)6-7-17-8-10-20-18(12-17)9-11-21(24(20)28)19-13-22(26)25(29)23(27)14-19/h9,11,13-17H,2-8,10,12H2,1H3. The van der Waals surface area contributed by atoms with Gasteiger partial charge in [-0.2, -0.15) is 0 Å². The fourth-order valence-corrected chi connectivity index (χ4v) is 5.15. The largest absolute Gasteiger partial charge is 0.206 e. The molecule has 1 atom stereocenters. The lowest BCUT2D eigenvalue weighted by molar-refractivity contribution is 0.255. The minimum Gasteiger partial charge on any atom is -0.206 e. The molecule has 2 aliphatic carbocycles. The zero-order valence-corrected chi connectivity index (χ0v) is 16.9. The Balaban J connectivity index is 1.46. The molecule has 4 heteroatoms. The van der Waals surface area contributed by atoms with Gasteiger partial charge in [0.25, 0.3) is 0 Å². The maximum Gasteiger partial charge on any atom is 0.194 e. The van der Waals surface area contributed by atoms with Crippen LogP contribution in [0.25, 0.3) is 11.1 Å². The fourth-order valence-electron chi connectivity index (χ4n) is 5.15. The van der Waals surface area contributed by atoms with Crippen LogP contribution in [0.15, 0.2) is 24.3 Å². The Labute approximate surface area is 170 Å². The molecule has 0 spiro atoms. The first-order valence-corrected chi connectivity index (χ1v) is 10.9. The van der Waals surface area contributed by atoms with Crippen molar-refractivity contribution in [3.05, 3.63) is 58.7 Å². The first-order chi connectivity index (χ1) is 13.9. The van der Waals surface area contributed by atoms with Gasteiger partial charge in [0, 0.05) is 5.56 Å². The summed E-state index contributed by atoms with van der Waals surface area (Å²) in [5.41, 5.74) is 1.82. The van der Waals surface area contributed by atoms with Gasteiger partial charge in [0.15, 0.2) is 17.5 Å². The first-order valence-electron chi connectivity index (χ1n) is 10.9. The van der Waals surface area contributed by atoms with E-state index >= 15 is 4.39 Å². The Bertz CT molecular complexity index is 858. The Hall–Kier alpha value is -1.84. The van der Waals surface area contributed by atoms with E-state index in [0.717, 1.165) is 42.4 Å². The van der Waals surface area contributed by atoms with Crippen LogP contribution in [0.4, 0.5) is 17.6 Å². The Morgan fingerprint density at radius 2 is 1.45 bits per heavy atom. The summed E-state index contributed by atoms with van der Waals surface area (Å²) < 4.78 is 55.5. The van der Waals surface area contributed by atoms with Gasteiger partial charge in [-0.05, 0) is 72.3 Å². The lowest BCUT2D eigenvalue weighted by Gasteiger charge is -2.30. The molecule has 0 aliphatic heterocycles. The van der Waals surface area contributed by atoms with Crippen molar-refractivity contribution < 1.29 is 17.6 Å². The second kappa shape index (κ2) is 8.49. The van der Waals surface area contributed by atoms with Crippen molar-refractivity contribution >= 4 is 0 Å². The van der Waals surface area contributed by atoms with Crippen LogP contribution in [-0.2, 0) is 12.8 Å². The zero-order chi connectivity index (χ0) is 20.5. The molecular formula is C25H28F4. The summed E-state index contributed by atoms with van der Waals surface area (Å²) in [7, 11) is 0. The smallest absolute Gasteiger partial charge is 0.194 e. The summed E-state index contributed by atoms with van der Waals surface area (Å²) in [5.74, 6) is -2.26. The van der Waals surface area contributed by atoms with Crippen LogP contribution in [0.1, 0.15) is 63.0 Å². The van der Waals surface area contributed by atoms with Crippen LogP contribution >= 0.6 is 0 Å². The highest BCUT2D eigenvalue weighted by atomic mass is 19.2. The summed E-state index contributed by atoms with van der Waals surface area (Å²) >= 11 is 0. The van der Waals surface area contributed by atoms with E-state index < -0.39 is 23.3 Å². The predicted octanol–water partition coefficient (Wildman–Crippen LogP) is 7.62. The van der Waals surface area contributed by atoms with E-state index in [2.05, 4.69) is 6.92 Å². The molecule has 156 valence electrons. The van der Waals surface area contributed by atoms with Crippen LogP contribution < -0.4 is 0 Å². The molecule has 0 saturated heterocycles. The molecule has 29 heavy (non-hydrogen) atoms. The highest BCUT2D eigenvalue weighted by Crippen LogP contribution is 2.37. The van der Waals surface area contributed by atoms with Gasteiger partial charge >= 0.3 is 0 Å². The van der Waals surface area contributed by atoms with E-state index in [1.165, 1.54) is 38.5 Å². The van der Waals surface area contributed by atoms with Crippen LogP contribution in [0.5, 0.6) is 0 Å². The summed E-state index contributed by atoms with van der Waals surface area (Å²) in [6.07, 6.45) is 10.3. The van der Waals surface area contributed by atoms with E-state index in [-0.39, 0.29) is 11.1 Å². The minimum atomic E-state index is -1.53. The SMILES string of the molecule is CC1CCC(CCC2CCc3c(ccc(-c4cc(F)c(F)c(F)c4)c3F)C2)CC1. The van der Waals surface area contributed by atoms with Crippen molar-refractivity contribution in [2.75, 3.05) is 0 Å². The van der Waals surface area contributed by atoms with Gasteiger partial charge in [-0.15, -0.1) is 0 Å². The minimum absolute atomic E-state index is 0.0374. The van der Waals surface area contributed by atoms with Crippen molar-refractivity contribution in [1.29, 1.82) is 0 Å². The number of rotatable bonds is 4. The average molecular weight is 404 g/mol.